The topological polar surface area (TPSA) is 74.4 Å². The highest BCUT2D eigenvalue weighted by Gasteiger charge is 2.31. The highest BCUT2D eigenvalue weighted by molar-refractivity contribution is 6.09. The van der Waals surface area contributed by atoms with E-state index < -0.39 is 5.60 Å². The van der Waals surface area contributed by atoms with Crippen LogP contribution in [0.4, 0.5) is 10.5 Å². The Kier molecular flexibility index (Phi) is 5.65. The maximum Gasteiger partial charge on any atom is 0.410 e. The van der Waals surface area contributed by atoms with Gasteiger partial charge in [-0.1, -0.05) is 31.2 Å². The third-order valence-electron chi connectivity index (χ3n) is 5.81. The second-order valence-corrected chi connectivity index (χ2v) is 9.33. The number of hydrogen-bond acceptors (Lipinski definition) is 3. The molecule has 0 bridgehead atoms. The van der Waals surface area contributed by atoms with Crippen molar-refractivity contribution in [3.05, 3.63) is 42.0 Å². The monoisotopic (exact) mass is 421 g/mol. The van der Waals surface area contributed by atoms with Crippen LogP contribution in [0.15, 0.2) is 36.4 Å². The Bertz CT molecular complexity index is 1130. The summed E-state index contributed by atoms with van der Waals surface area (Å²) >= 11 is 0. The first-order valence-electron chi connectivity index (χ1n) is 11.1. The number of carbonyl (C=O) groups is 2. The van der Waals surface area contributed by atoms with Crippen LogP contribution in [0.1, 0.15) is 46.1 Å². The lowest BCUT2D eigenvalue weighted by Gasteiger charge is -2.33. The van der Waals surface area contributed by atoms with Gasteiger partial charge in [0.1, 0.15) is 5.60 Å². The number of H-pyrrole nitrogens is 1. The normalized spacial score (nSPS) is 17.2. The van der Waals surface area contributed by atoms with Gasteiger partial charge in [0.15, 0.2) is 0 Å². The summed E-state index contributed by atoms with van der Waals surface area (Å²) < 4.78 is 5.47. The van der Waals surface area contributed by atoms with Crippen LogP contribution in [0.25, 0.3) is 21.8 Å². The maximum atomic E-state index is 12.9. The number of aromatic amines is 1. The minimum absolute atomic E-state index is 0.0574. The zero-order valence-corrected chi connectivity index (χ0v) is 18.7. The molecule has 2 aromatic carbocycles. The highest BCUT2D eigenvalue weighted by atomic mass is 16.6. The van der Waals surface area contributed by atoms with Crippen molar-refractivity contribution >= 4 is 39.5 Å². The summed E-state index contributed by atoms with van der Waals surface area (Å²) in [5.74, 6) is -0.302. The minimum atomic E-state index is -0.543. The molecule has 1 aromatic heterocycles. The number of likely N-dealkylation sites (tertiary alicyclic amines) is 1. The number of benzene rings is 2. The van der Waals surface area contributed by atoms with Crippen LogP contribution in [0.2, 0.25) is 0 Å². The van der Waals surface area contributed by atoms with E-state index in [9.17, 15) is 9.59 Å². The van der Waals surface area contributed by atoms with E-state index >= 15 is 0 Å². The van der Waals surface area contributed by atoms with Crippen LogP contribution in [0.5, 0.6) is 0 Å². The van der Waals surface area contributed by atoms with E-state index in [1.54, 1.807) is 4.90 Å². The number of rotatable bonds is 3. The van der Waals surface area contributed by atoms with Crippen LogP contribution in [-0.2, 0) is 16.0 Å². The molecule has 2 amide bonds. The van der Waals surface area contributed by atoms with Gasteiger partial charge in [-0.2, -0.15) is 0 Å². The fraction of sp³-hybridized carbons (Fsp3) is 0.440. The lowest BCUT2D eigenvalue weighted by atomic mass is 9.97. The summed E-state index contributed by atoms with van der Waals surface area (Å²) in [6.07, 6.45) is 2.16. The second kappa shape index (κ2) is 8.25. The number of amides is 2. The second-order valence-electron chi connectivity index (χ2n) is 9.33. The van der Waals surface area contributed by atoms with Crippen LogP contribution in [-0.4, -0.2) is 40.6 Å². The quantitative estimate of drug-likeness (QED) is 0.589. The molecule has 1 unspecified atom stereocenters. The lowest BCUT2D eigenvalue weighted by Crippen LogP contribution is -2.45. The average Bonchev–Trinajstić information content (AvgIpc) is 3.10. The van der Waals surface area contributed by atoms with Crippen molar-refractivity contribution in [3.8, 4) is 0 Å². The molecular weight excluding hydrogens is 390 g/mol. The van der Waals surface area contributed by atoms with Crippen molar-refractivity contribution < 1.29 is 14.3 Å². The van der Waals surface area contributed by atoms with E-state index in [-0.39, 0.29) is 17.9 Å². The summed E-state index contributed by atoms with van der Waals surface area (Å²) in [5.41, 5.74) is 3.66. The first kappa shape index (κ1) is 21.2. The standard InChI is InChI=1S/C25H31N3O3/c1-5-16-8-6-10-20-19-12-11-18(14-21(19)27-22(16)20)26-23(29)17-9-7-13-28(15-17)24(30)31-25(2,3)4/h6,8,10-12,14,17,27H,5,7,9,13,15H2,1-4H3,(H,26,29). The summed E-state index contributed by atoms with van der Waals surface area (Å²) in [5, 5.41) is 5.40. The van der Waals surface area contributed by atoms with E-state index in [0.717, 1.165) is 41.4 Å². The van der Waals surface area contributed by atoms with Gasteiger partial charge in [0, 0.05) is 40.6 Å². The van der Waals surface area contributed by atoms with Crippen molar-refractivity contribution in [3.63, 3.8) is 0 Å². The molecule has 3 aromatic rings. The van der Waals surface area contributed by atoms with E-state index in [0.29, 0.717) is 13.1 Å². The van der Waals surface area contributed by atoms with Crippen molar-refractivity contribution in [1.82, 2.24) is 9.88 Å². The van der Waals surface area contributed by atoms with Gasteiger partial charge in [-0.3, -0.25) is 4.79 Å². The Labute approximate surface area is 182 Å². The molecule has 4 rings (SSSR count). The van der Waals surface area contributed by atoms with Crippen LogP contribution in [0, 0.1) is 5.92 Å². The summed E-state index contributed by atoms with van der Waals surface area (Å²) in [4.78, 5) is 30.5. The summed E-state index contributed by atoms with van der Waals surface area (Å²) in [6, 6.07) is 12.3. The van der Waals surface area contributed by atoms with Gasteiger partial charge < -0.3 is 19.9 Å². The molecule has 0 spiro atoms. The van der Waals surface area contributed by atoms with Crippen molar-refractivity contribution in [2.75, 3.05) is 18.4 Å². The molecular formula is C25H31N3O3. The third kappa shape index (κ3) is 4.53. The van der Waals surface area contributed by atoms with Gasteiger partial charge in [0.2, 0.25) is 5.91 Å². The molecule has 2 N–H and O–H groups in total. The predicted molar refractivity (Wildman–Crippen MR) is 124 cm³/mol. The Morgan fingerprint density at radius 1 is 1.19 bits per heavy atom. The van der Waals surface area contributed by atoms with E-state index in [4.69, 9.17) is 4.74 Å². The first-order valence-corrected chi connectivity index (χ1v) is 11.1. The Hall–Kier alpha value is -3.02. The molecule has 0 aliphatic carbocycles. The summed E-state index contributed by atoms with van der Waals surface area (Å²) in [6.45, 7) is 8.71. The van der Waals surface area contributed by atoms with Crippen LogP contribution in [0.3, 0.4) is 0 Å². The first-order chi connectivity index (χ1) is 14.7. The molecule has 1 atom stereocenters. The molecule has 6 nitrogen and oxygen atoms in total. The van der Waals surface area contributed by atoms with Crippen LogP contribution < -0.4 is 5.32 Å². The number of ether oxygens (including phenoxy) is 1. The van der Waals surface area contributed by atoms with E-state index in [1.165, 1.54) is 10.9 Å². The highest BCUT2D eigenvalue weighted by Crippen LogP contribution is 2.30. The number of piperidine rings is 1. The smallest absolute Gasteiger partial charge is 0.410 e. The molecule has 1 aliphatic rings. The molecule has 0 radical (unpaired) electrons. The lowest BCUT2D eigenvalue weighted by molar-refractivity contribution is -0.121. The minimum Gasteiger partial charge on any atom is -0.444 e. The molecule has 1 aliphatic heterocycles. The third-order valence-corrected chi connectivity index (χ3v) is 5.81. The Morgan fingerprint density at radius 3 is 2.74 bits per heavy atom. The number of fused-ring (bicyclic) bond motifs is 3. The number of aromatic nitrogens is 1. The van der Waals surface area contributed by atoms with Crippen molar-refractivity contribution in [2.45, 2.75) is 52.6 Å². The Balaban J connectivity index is 1.49. The summed E-state index contributed by atoms with van der Waals surface area (Å²) in [7, 11) is 0. The van der Waals surface area contributed by atoms with Gasteiger partial charge >= 0.3 is 6.09 Å². The largest absolute Gasteiger partial charge is 0.444 e. The van der Waals surface area contributed by atoms with Crippen molar-refractivity contribution in [1.29, 1.82) is 0 Å². The van der Waals surface area contributed by atoms with Gasteiger partial charge in [-0.25, -0.2) is 4.79 Å². The SMILES string of the molecule is CCc1cccc2c1[nH]c1cc(NC(=O)C3CCCN(C(=O)OC(C)(C)C)C3)ccc12. The number of anilines is 1. The number of nitrogens with zero attached hydrogens (tertiary/aromatic N) is 1. The predicted octanol–water partition coefficient (Wildman–Crippen LogP) is 5.47. The zero-order chi connectivity index (χ0) is 22.2. The van der Waals surface area contributed by atoms with E-state index in [2.05, 4.69) is 41.5 Å². The van der Waals surface area contributed by atoms with Crippen molar-refractivity contribution in [2.24, 2.45) is 5.92 Å². The molecule has 31 heavy (non-hydrogen) atoms. The number of nitrogens with one attached hydrogen (secondary N) is 2. The maximum absolute atomic E-state index is 12.9. The molecule has 164 valence electrons. The van der Waals surface area contributed by atoms with Gasteiger partial charge in [-0.15, -0.1) is 0 Å². The van der Waals surface area contributed by atoms with Gasteiger partial charge in [0.05, 0.1) is 5.92 Å². The average molecular weight is 422 g/mol. The molecule has 6 heteroatoms. The van der Waals surface area contributed by atoms with Gasteiger partial charge in [-0.05, 0) is 57.7 Å². The molecule has 1 fully saturated rings. The molecule has 0 saturated carbocycles. The molecule has 1 saturated heterocycles. The fourth-order valence-electron chi connectivity index (χ4n) is 4.29. The fourth-order valence-corrected chi connectivity index (χ4v) is 4.29. The number of carbonyl (C=O) groups excluding carboxylic acids is 2. The molecule has 2 heterocycles. The van der Waals surface area contributed by atoms with Crippen LogP contribution >= 0.6 is 0 Å². The number of para-hydroxylation sites is 1. The number of aryl methyl sites for hydroxylation is 1. The van der Waals surface area contributed by atoms with E-state index in [1.807, 2.05) is 32.9 Å². The zero-order valence-electron chi connectivity index (χ0n) is 18.7. The Morgan fingerprint density at radius 2 is 2.00 bits per heavy atom. The number of hydrogen-bond donors (Lipinski definition) is 2. The van der Waals surface area contributed by atoms with Gasteiger partial charge in [0.25, 0.3) is 0 Å².